The van der Waals surface area contributed by atoms with Crippen molar-refractivity contribution >= 4 is 29.3 Å². The van der Waals surface area contributed by atoms with Gasteiger partial charge in [-0.3, -0.25) is 0 Å². The smallest absolute Gasteiger partial charge is 0.308 e. The first-order chi connectivity index (χ1) is 11.1. The summed E-state index contributed by atoms with van der Waals surface area (Å²) in [5.74, 6) is 0.440. The number of hydrogen-bond acceptors (Lipinski definition) is 5. The summed E-state index contributed by atoms with van der Waals surface area (Å²) in [6, 6.07) is 9.77. The van der Waals surface area contributed by atoms with Gasteiger partial charge in [0.1, 0.15) is 0 Å². The van der Waals surface area contributed by atoms with Gasteiger partial charge >= 0.3 is 17.8 Å². The molecule has 7 heteroatoms. The van der Waals surface area contributed by atoms with Gasteiger partial charge in [-0.05, 0) is 18.5 Å². The normalized spacial score (nSPS) is 17.4. The van der Waals surface area contributed by atoms with Crippen LogP contribution in [-0.2, 0) is 11.2 Å². The fourth-order valence-corrected chi connectivity index (χ4v) is 2.47. The molecule has 7 nitrogen and oxygen atoms in total. The minimum Gasteiger partial charge on any atom is -0.308 e. The molecule has 0 spiro atoms. The second-order valence-corrected chi connectivity index (χ2v) is 5.43. The van der Waals surface area contributed by atoms with Crippen LogP contribution in [0.15, 0.2) is 40.3 Å². The van der Waals surface area contributed by atoms with Crippen LogP contribution in [0.3, 0.4) is 0 Å². The second kappa shape index (κ2) is 6.21. The molecule has 0 saturated heterocycles. The van der Waals surface area contributed by atoms with Gasteiger partial charge in [-0.15, -0.1) is 0 Å². The Labute approximate surface area is 134 Å². The van der Waals surface area contributed by atoms with E-state index in [0.29, 0.717) is 18.2 Å². The number of hydrogen-bond donors (Lipinski definition) is 1. The molecule has 0 saturated carbocycles. The van der Waals surface area contributed by atoms with Gasteiger partial charge in [0.2, 0.25) is 11.5 Å². The SMILES string of the molecule is CN1C(=O)C2=NC(CNCCc3ccccc3)=NC2=[N+](C)C1=O. The van der Waals surface area contributed by atoms with E-state index in [1.54, 1.807) is 7.05 Å². The Morgan fingerprint density at radius 1 is 1.17 bits per heavy atom. The highest BCUT2D eigenvalue weighted by atomic mass is 16.2. The van der Waals surface area contributed by atoms with E-state index in [0.717, 1.165) is 17.9 Å². The molecule has 0 radical (unpaired) electrons. The van der Waals surface area contributed by atoms with Gasteiger partial charge in [-0.1, -0.05) is 35.3 Å². The average molecular weight is 312 g/mol. The lowest BCUT2D eigenvalue weighted by Crippen LogP contribution is -2.51. The van der Waals surface area contributed by atoms with Gasteiger partial charge < -0.3 is 5.32 Å². The Hall–Kier alpha value is -2.67. The predicted molar refractivity (Wildman–Crippen MR) is 87.2 cm³/mol. The van der Waals surface area contributed by atoms with Gasteiger partial charge in [-0.2, -0.15) is 9.48 Å². The molecule has 2 aliphatic heterocycles. The summed E-state index contributed by atoms with van der Waals surface area (Å²) in [7, 11) is 3.03. The third-order valence-corrected chi connectivity index (χ3v) is 3.80. The third kappa shape index (κ3) is 2.95. The van der Waals surface area contributed by atoms with Crippen LogP contribution in [0, 0.1) is 0 Å². The van der Waals surface area contributed by atoms with E-state index in [1.807, 2.05) is 18.2 Å². The van der Waals surface area contributed by atoms with Crippen molar-refractivity contribution in [2.45, 2.75) is 6.42 Å². The van der Waals surface area contributed by atoms with Crippen LogP contribution in [0.2, 0.25) is 0 Å². The molecule has 1 aromatic carbocycles. The summed E-state index contributed by atoms with van der Waals surface area (Å²) in [4.78, 5) is 33.5. The molecule has 1 aromatic rings. The highest BCUT2D eigenvalue weighted by molar-refractivity contribution is 6.70. The summed E-state index contributed by atoms with van der Waals surface area (Å²) in [6.45, 7) is 1.24. The van der Waals surface area contributed by atoms with E-state index in [1.165, 1.54) is 17.2 Å². The number of fused-ring (bicyclic) bond motifs is 1. The molecule has 2 aliphatic rings. The first-order valence-corrected chi connectivity index (χ1v) is 7.42. The third-order valence-electron chi connectivity index (χ3n) is 3.80. The zero-order valence-corrected chi connectivity index (χ0v) is 13.1. The van der Waals surface area contributed by atoms with E-state index in [9.17, 15) is 9.59 Å². The van der Waals surface area contributed by atoms with Crippen LogP contribution < -0.4 is 5.32 Å². The Morgan fingerprint density at radius 2 is 1.91 bits per heavy atom. The first-order valence-electron chi connectivity index (χ1n) is 7.42. The maximum Gasteiger partial charge on any atom is 0.446 e. The molecule has 0 unspecified atom stereocenters. The number of nitrogens with one attached hydrogen (secondary N) is 1. The minimum atomic E-state index is -0.411. The van der Waals surface area contributed by atoms with Gasteiger partial charge in [-0.25, -0.2) is 14.6 Å². The van der Waals surface area contributed by atoms with Crippen LogP contribution >= 0.6 is 0 Å². The number of rotatable bonds is 5. The fourth-order valence-electron chi connectivity index (χ4n) is 2.47. The van der Waals surface area contributed by atoms with E-state index in [-0.39, 0.29) is 5.71 Å². The first kappa shape index (κ1) is 15.2. The number of nitrogens with zero attached hydrogens (tertiary/aromatic N) is 4. The van der Waals surface area contributed by atoms with Crippen molar-refractivity contribution in [3.63, 3.8) is 0 Å². The second-order valence-electron chi connectivity index (χ2n) is 5.43. The fraction of sp³-hybridized carbons (Fsp3) is 0.312. The van der Waals surface area contributed by atoms with Crippen LogP contribution in [0.25, 0.3) is 0 Å². The maximum atomic E-state index is 12.1. The van der Waals surface area contributed by atoms with Crippen LogP contribution in [0.1, 0.15) is 5.56 Å². The number of benzene rings is 1. The van der Waals surface area contributed by atoms with Crippen LogP contribution in [-0.4, -0.2) is 66.0 Å². The van der Waals surface area contributed by atoms with Crippen molar-refractivity contribution in [3.8, 4) is 0 Å². The molecule has 1 N–H and O–H groups in total. The molecule has 3 rings (SSSR count). The van der Waals surface area contributed by atoms with Gasteiger partial charge in [0.15, 0.2) is 0 Å². The Kier molecular flexibility index (Phi) is 4.12. The summed E-state index contributed by atoms with van der Waals surface area (Å²) < 4.78 is 1.34. The van der Waals surface area contributed by atoms with E-state index in [2.05, 4.69) is 27.4 Å². The highest BCUT2D eigenvalue weighted by Crippen LogP contribution is 2.09. The lowest BCUT2D eigenvalue weighted by Gasteiger charge is -2.15. The number of amides is 3. The summed E-state index contributed by atoms with van der Waals surface area (Å²) in [6.07, 6.45) is 0.904. The molecular formula is C16H18N5O2+. The highest BCUT2D eigenvalue weighted by Gasteiger charge is 2.44. The number of aliphatic imine (C=N–C) groups is 2. The van der Waals surface area contributed by atoms with Crippen molar-refractivity contribution < 1.29 is 14.2 Å². The van der Waals surface area contributed by atoms with Crippen molar-refractivity contribution in [3.05, 3.63) is 35.9 Å². The summed E-state index contributed by atoms with van der Waals surface area (Å²) in [5.41, 5.74) is 1.49. The molecule has 0 atom stereocenters. The Balaban J connectivity index is 1.62. The quantitative estimate of drug-likeness (QED) is 0.628. The van der Waals surface area contributed by atoms with E-state index in [4.69, 9.17) is 0 Å². The van der Waals surface area contributed by atoms with Crippen molar-refractivity contribution in [1.82, 2.24) is 10.2 Å². The zero-order chi connectivity index (χ0) is 16.4. The van der Waals surface area contributed by atoms with Gasteiger partial charge in [0.25, 0.3) is 0 Å². The summed E-state index contributed by atoms with van der Waals surface area (Å²) in [5, 5.41) is 3.26. The zero-order valence-electron chi connectivity index (χ0n) is 13.1. The monoisotopic (exact) mass is 312 g/mol. The van der Waals surface area contributed by atoms with Crippen LogP contribution in [0.5, 0.6) is 0 Å². The molecular weight excluding hydrogens is 294 g/mol. The number of imide groups is 1. The standard InChI is InChI=1S/C16H18N5O2/c1-20-14-13(15(22)21(2)16(20)23)18-12(19-14)10-17-9-8-11-6-4-3-5-7-11/h3-7,17H,8-10H2,1-2H3/q+1. The number of urea groups is 1. The average Bonchev–Trinajstić information content (AvgIpc) is 3.00. The molecule has 0 fully saturated rings. The molecule has 0 bridgehead atoms. The molecule has 0 aliphatic carbocycles. The molecule has 23 heavy (non-hydrogen) atoms. The topological polar surface area (TPSA) is 77.1 Å². The number of carbonyl (C=O) groups excluding carboxylic acids is 2. The van der Waals surface area contributed by atoms with Crippen LogP contribution in [0.4, 0.5) is 4.79 Å². The lowest BCUT2D eigenvalue weighted by molar-refractivity contribution is -0.401. The Morgan fingerprint density at radius 3 is 2.65 bits per heavy atom. The van der Waals surface area contributed by atoms with Gasteiger partial charge in [0, 0.05) is 0 Å². The van der Waals surface area contributed by atoms with Crippen molar-refractivity contribution in [1.29, 1.82) is 0 Å². The molecule has 3 amide bonds. The number of amidine groups is 2. The van der Waals surface area contributed by atoms with Crippen molar-refractivity contribution in [2.75, 3.05) is 27.2 Å². The largest absolute Gasteiger partial charge is 0.446 e. The molecule has 118 valence electrons. The predicted octanol–water partition coefficient (Wildman–Crippen LogP) is 0.305. The lowest BCUT2D eigenvalue weighted by atomic mass is 10.1. The summed E-state index contributed by atoms with van der Waals surface area (Å²) >= 11 is 0. The van der Waals surface area contributed by atoms with E-state index >= 15 is 0 Å². The van der Waals surface area contributed by atoms with E-state index < -0.39 is 11.9 Å². The molecule has 2 heterocycles. The van der Waals surface area contributed by atoms with Gasteiger partial charge in [0.05, 0.1) is 20.6 Å². The Bertz CT molecular complexity index is 749. The minimum absolute atomic E-state index is 0.231. The molecule has 0 aromatic heterocycles. The number of carbonyl (C=O) groups is 2. The van der Waals surface area contributed by atoms with Crippen molar-refractivity contribution in [2.24, 2.45) is 9.98 Å². The maximum absolute atomic E-state index is 12.1.